The Balaban J connectivity index is 2.07. The number of hydrogen-bond donors (Lipinski definition) is 1. The highest BCUT2D eigenvalue weighted by atomic mass is 16.3. The van der Waals surface area contributed by atoms with E-state index in [9.17, 15) is 5.11 Å². The second-order valence-corrected chi connectivity index (χ2v) is 6.16. The molecule has 0 aromatic rings. The van der Waals surface area contributed by atoms with Gasteiger partial charge in [-0.2, -0.15) is 0 Å². The lowest BCUT2D eigenvalue weighted by atomic mass is 9.44. The first kappa shape index (κ1) is 10.5. The van der Waals surface area contributed by atoms with Gasteiger partial charge >= 0.3 is 0 Å². The molecule has 2 unspecified atom stereocenters. The van der Waals surface area contributed by atoms with Crippen molar-refractivity contribution >= 4 is 0 Å². The van der Waals surface area contributed by atoms with E-state index in [1.54, 1.807) is 0 Å². The maximum Gasteiger partial charge on any atom is 0.0652 e. The standard InChI is InChI=1S/C13H24O/c1-10(2)12(3)9-13(11(12)14)7-5-4-6-8-13/h10-11,14H,4-9H2,1-3H3. The molecule has 14 heavy (non-hydrogen) atoms. The molecule has 1 heteroatoms. The Morgan fingerprint density at radius 1 is 1.14 bits per heavy atom. The normalized spacial score (nSPS) is 41.4. The van der Waals surface area contributed by atoms with Crippen LogP contribution in [0.25, 0.3) is 0 Å². The smallest absolute Gasteiger partial charge is 0.0652 e. The number of hydrogen-bond acceptors (Lipinski definition) is 1. The number of aliphatic hydroxyl groups is 1. The summed E-state index contributed by atoms with van der Waals surface area (Å²) in [4.78, 5) is 0. The molecule has 0 aliphatic heterocycles. The summed E-state index contributed by atoms with van der Waals surface area (Å²) in [5.41, 5.74) is 0.536. The Kier molecular flexibility index (Phi) is 2.42. The molecule has 2 aliphatic carbocycles. The molecule has 2 aliphatic rings. The van der Waals surface area contributed by atoms with E-state index in [1.807, 2.05) is 0 Å². The Bertz CT molecular complexity index is 215. The molecular formula is C13H24O. The van der Waals surface area contributed by atoms with Crippen LogP contribution in [0, 0.1) is 16.7 Å². The average Bonchev–Trinajstić information content (AvgIpc) is 2.18. The largest absolute Gasteiger partial charge is 0.392 e. The van der Waals surface area contributed by atoms with Crippen LogP contribution in [0.1, 0.15) is 59.3 Å². The first-order valence-corrected chi connectivity index (χ1v) is 6.19. The summed E-state index contributed by atoms with van der Waals surface area (Å²) in [7, 11) is 0. The summed E-state index contributed by atoms with van der Waals surface area (Å²) in [5, 5.41) is 10.4. The Morgan fingerprint density at radius 2 is 1.71 bits per heavy atom. The summed E-state index contributed by atoms with van der Waals surface area (Å²) in [5.74, 6) is 0.616. The van der Waals surface area contributed by atoms with E-state index in [0.717, 1.165) is 0 Å². The van der Waals surface area contributed by atoms with Crippen molar-refractivity contribution in [1.82, 2.24) is 0 Å². The molecule has 1 spiro atoms. The summed E-state index contributed by atoms with van der Waals surface area (Å²) in [6.07, 6.45) is 7.84. The van der Waals surface area contributed by atoms with Crippen molar-refractivity contribution in [3.05, 3.63) is 0 Å². The lowest BCUT2D eigenvalue weighted by Gasteiger charge is -2.63. The van der Waals surface area contributed by atoms with E-state index >= 15 is 0 Å². The fourth-order valence-corrected chi connectivity index (χ4v) is 3.75. The van der Waals surface area contributed by atoms with Crippen LogP contribution in [0.2, 0.25) is 0 Å². The molecule has 2 saturated carbocycles. The predicted octanol–water partition coefficient (Wildman–Crippen LogP) is 3.36. The predicted molar refractivity (Wildman–Crippen MR) is 59.1 cm³/mol. The van der Waals surface area contributed by atoms with Crippen LogP contribution in [0.4, 0.5) is 0 Å². The van der Waals surface area contributed by atoms with E-state index in [-0.39, 0.29) is 11.5 Å². The van der Waals surface area contributed by atoms with Crippen LogP contribution < -0.4 is 0 Å². The minimum absolute atomic E-state index is 0.0321. The zero-order chi connectivity index (χ0) is 10.4. The van der Waals surface area contributed by atoms with Gasteiger partial charge in [-0.25, -0.2) is 0 Å². The van der Waals surface area contributed by atoms with Crippen molar-refractivity contribution in [2.24, 2.45) is 16.7 Å². The molecule has 2 rings (SSSR count). The van der Waals surface area contributed by atoms with E-state index < -0.39 is 0 Å². The highest BCUT2D eigenvalue weighted by Gasteiger charge is 2.60. The van der Waals surface area contributed by atoms with Gasteiger partial charge in [-0.15, -0.1) is 0 Å². The summed E-state index contributed by atoms with van der Waals surface area (Å²) in [6, 6.07) is 0. The van der Waals surface area contributed by atoms with Gasteiger partial charge in [0.05, 0.1) is 6.10 Å². The molecule has 0 heterocycles. The summed E-state index contributed by atoms with van der Waals surface area (Å²) < 4.78 is 0. The maximum atomic E-state index is 10.4. The van der Waals surface area contributed by atoms with Crippen LogP contribution in [-0.4, -0.2) is 11.2 Å². The highest BCUT2D eigenvalue weighted by molar-refractivity contribution is 5.10. The van der Waals surface area contributed by atoms with Crippen LogP contribution in [0.5, 0.6) is 0 Å². The van der Waals surface area contributed by atoms with Crippen LogP contribution in [-0.2, 0) is 0 Å². The van der Waals surface area contributed by atoms with Crippen molar-refractivity contribution in [3.8, 4) is 0 Å². The lowest BCUT2D eigenvalue weighted by molar-refractivity contribution is -0.211. The third-order valence-electron chi connectivity index (χ3n) is 5.11. The van der Waals surface area contributed by atoms with Crippen LogP contribution in [0.3, 0.4) is 0 Å². The third kappa shape index (κ3) is 1.25. The molecule has 1 N–H and O–H groups in total. The van der Waals surface area contributed by atoms with Crippen molar-refractivity contribution in [2.75, 3.05) is 0 Å². The zero-order valence-corrected chi connectivity index (χ0v) is 9.84. The van der Waals surface area contributed by atoms with E-state index in [4.69, 9.17) is 0 Å². The second kappa shape index (κ2) is 3.23. The van der Waals surface area contributed by atoms with Crippen molar-refractivity contribution in [2.45, 2.75) is 65.4 Å². The van der Waals surface area contributed by atoms with Crippen LogP contribution >= 0.6 is 0 Å². The van der Waals surface area contributed by atoms with Crippen molar-refractivity contribution < 1.29 is 5.11 Å². The molecule has 2 fully saturated rings. The van der Waals surface area contributed by atoms with E-state index in [1.165, 1.54) is 38.5 Å². The molecule has 0 amide bonds. The number of aliphatic hydroxyl groups excluding tert-OH is 1. The van der Waals surface area contributed by atoms with E-state index in [0.29, 0.717) is 11.3 Å². The van der Waals surface area contributed by atoms with Gasteiger partial charge < -0.3 is 5.11 Å². The van der Waals surface area contributed by atoms with Crippen molar-refractivity contribution in [3.63, 3.8) is 0 Å². The molecule has 82 valence electrons. The van der Waals surface area contributed by atoms with Gasteiger partial charge in [0, 0.05) is 0 Å². The Morgan fingerprint density at radius 3 is 2.14 bits per heavy atom. The van der Waals surface area contributed by atoms with E-state index in [2.05, 4.69) is 20.8 Å². The average molecular weight is 196 g/mol. The highest BCUT2D eigenvalue weighted by Crippen LogP contribution is 2.63. The van der Waals surface area contributed by atoms with Gasteiger partial charge in [0.25, 0.3) is 0 Å². The maximum absolute atomic E-state index is 10.4. The molecule has 0 bridgehead atoms. The molecule has 0 aromatic carbocycles. The Labute approximate surface area is 87.9 Å². The second-order valence-electron chi connectivity index (χ2n) is 6.16. The van der Waals surface area contributed by atoms with Gasteiger partial charge in [0.1, 0.15) is 0 Å². The summed E-state index contributed by atoms with van der Waals surface area (Å²) >= 11 is 0. The van der Waals surface area contributed by atoms with Gasteiger partial charge in [-0.3, -0.25) is 0 Å². The SMILES string of the molecule is CC(C)C1(C)CC2(CCCCC2)C1O. The van der Waals surface area contributed by atoms with Gasteiger partial charge in [-0.05, 0) is 36.0 Å². The first-order valence-electron chi connectivity index (χ1n) is 6.19. The lowest BCUT2D eigenvalue weighted by Crippen LogP contribution is -2.62. The fourth-order valence-electron chi connectivity index (χ4n) is 3.75. The van der Waals surface area contributed by atoms with Gasteiger partial charge in [-0.1, -0.05) is 40.0 Å². The molecule has 0 radical (unpaired) electrons. The quantitative estimate of drug-likeness (QED) is 0.682. The molecule has 0 saturated heterocycles. The summed E-state index contributed by atoms with van der Waals surface area (Å²) in [6.45, 7) is 6.76. The molecular weight excluding hydrogens is 172 g/mol. The fraction of sp³-hybridized carbons (Fsp3) is 1.00. The van der Waals surface area contributed by atoms with Crippen LogP contribution in [0.15, 0.2) is 0 Å². The van der Waals surface area contributed by atoms with Gasteiger partial charge in [0.15, 0.2) is 0 Å². The van der Waals surface area contributed by atoms with Crippen molar-refractivity contribution in [1.29, 1.82) is 0 Å². The third-order valence-corrected chi connectivity index (χ3v) is 5.11. The monoisotopic (exact) mass is 196 g/mol. The molecule has 0 aromatic heterocycles. The molecule has 1 nitrogen and oxygen atoms in total. The Hall–Kier alpha value is -0.0400. The minimum Gasteiger partial charge on any atom is -0.392 e. The topological polar surface area (TPSA) is 20.2 Å². The number of rotatable bonds is 1. The first-order chi connectivity index (χ1) is 6.51. The zero-order valence-electron chi connectivity index (χ0n) is 9.84. The van der Waals surface area contributed by atoms with Gasteiger partial charge in [0.2, 0.25) is 0 Å². The minimum atomic E-state index is -0.0321. The molecule has 2 atom stereocenters.